The van der Waals surface area contributed by atoms with Gasteiger partial charge in [0.15, 0.2) is 0 Å². The lowest BCUT2D eigenvalue weighted by Gasteiger charge is -2.49. The molecule has 4 nitrogen and oxygen atoms in total. The first-order valence-corrected chi connectivity index (χ1v) is 9.77. The summed E-state index contributed by atoms with van der Waals surface area (Å²) >= 11 is 6.00. The molecule has 27 heavy (non-hydrogen) atoms. The van der Waals surface area contributed by atoms with Crippen LogP contribution < -0.4 is 15.4 Å². The highest BCUT2D eigenvalue weighted by atomic mass is 35.5. The summed E-state index contributed by atoms with van der Waals surface area (Å²) in [7, 11) is 1.84. The molecule has 2 aromatic carbocycles. The smallest absolute Gasteiger partial charge is 0.252 e. The Morgan fingerprint density at radius 2 is 1.67 bits per heavy atom. The molecule has 5 rings (SSSR count). The molecule has 1 spiro atoms. The van der Waals surface area contributed by atoms with E-state index in [9.17, 15) is 4.79 Å². The maximum absolute atomic E-state index is 12.4. The molecular formula is C22H22ClN3O. The number of hydrogen-bond acceptors (Lipinski definition) is 3. The highest BCUT2D eigenvalue weighted by molar-refractivity contribution is 6.30. The van der Waals surface area contributed by atoms with E-state index in [1.54, 1.807) is 10.6 Å². The first-order valence-electron chi connectivity index (χ1n) is 9.39. The number of para-hydroxylation sites is 1. The van der Waals surface area contributed by atoms with Crippen LogP contribution in [0.1, 0.15) is 6.42 Å². The minimum Gasteiger partial charge on any atom is -0.370 e. The largest absolute Gasteiger partial charge is 0.370 e. The van der Waals surface area contributed by atoms with Gasteiger partial charge in [-0.05, 0) is 36.8 Å². The lowest BCUT2D eigenvalue weighted by atomic mass is 9.78. The zero-order chi connectivity index (χ0) is 18.6. The van der Waals surface area contributed by atoms with Gasteiger partial charge in [0.1, 0.15) is 0 Å². The van der Waals surface area contributed by atoms with Gasteiger partial charge in [-0.25, -0.2) is 0 Å². The van der Waals surface area contributed by atoms with Gasteiger partial charge in [0.25, 0.3) is 5.56 Å². The first-order chi connectivity index (χ1) is 13.0. The maximum Gasteiger partial charge on any atom is 0.252 e. The number of fused-ring (bicyclic) bond motifs is 1. The van der Waals surface area contributed by atoms with Gasteiger partial charge in [-0.2, -0.15) is 0 Å². The Hall–Kier alpha value is -2.46. The molecular weight excluding hydrogens is 358 g/mol. The number of aryl methyl sites for hydroxylation is 1. The SMILES string of the molecule is Cn1c(=O)cc(N2CCC3(CN(c4ccc(Cl)cc4)C3)C2)c2ccccc21. The molecule has 5 heteroatoms. The molecule has 2 saturated heterocycles. The van der Waals surface area contributed by atoms with Crippen LogP contribution in [0.2, 0.25) is 5.02 Å². The molecule has 3 heterocycles. The number of pyridine rings is 1. The number of nitrogens with zero attached hydrogens (tertiary/aromatic N) is 3. The zero-order valence-corrected chi connectivity index (χ0v) is 16.1. The van der Waals surface area contributed by atoms with Crippen LogP contribution in [-0.4, -0.2) is 30.7 Å². The Morgan fingerprint density at radius 3 is 2.44 bits per heavy atom. The summed E-state index contributed by atoms with van der Waals surface area (Å²) < 4.78 is 1.73. The molecule has 1 aromatic heterocycles. The monoisotopic (exact) mass is 379 g/mol. The van der Waals surface area contributed by atoms with E-state index < -0.39 is 0 Å². The Morgan fingerprint density at radius 1 is 0.963 bits per heavy atom. The van der Waals surface area contributed by atoms with Crippen LogP contribution in [-0.2, 0) is 7.05 Å². The standard InChI is InChI=1S/C22H22ClN3O/c1-24-19-5-3-2-4-18(19)20(12-21(24)27)25-11-10-22(13-25)14-26(15-22)17-8-6-16(23)7-9-17/h2-9,12H,10-11,13-15H2,1H3. The van der Waals surface area contributed by atoms with Gasteiger partial charge in [-0.3, -0.25) is 4.79 Å². The first kappa shape index (κ1) is 16.7. The molecule has 0 aliphatic carbocycles. The van der Waals surface area contributed by atoms with Gasteiger partial charge in [0.05, 0.1) is 11.2 Å². The lowest BCUT2D eigenvalue weighted by molar-refractivity contribution is 0.246. The fourth-order valence-electron chi connectivity index (χ4n) is 4.65. The number of anilines is 2. The quantitative estimate of drug-likeness (QED) is 0.676. The van der Waals surface area contributed by atoms with E-state index in [1.807, 2.05) is 37.4 Å². The van der Waals surface area contributed by atoms with Crippen LogP contribution in [0.4, 0.5) is 11.4 Å². The molecule has 0 radical (unpaired) electrons. The van der Waals surface area contributed by atoms with Crippen LogP contribution in [0.15, 0.2) is 59.4 Å². The van der Waals surface area contributed by atoms with Crippen molar-refractivity contribution in [2.24, 2.45) is 12.5 Å². The van der Waals surface area contributed by atoms with Gasteiger partial charge < -0.3 is 14.4 Å². The Labute approximate surface area is 163 Å². The second-order valence-electron chi connectivity index (χ2n) is 7.95. The summed E-state index contributed by atoms with van der Waals surface area (Å²) in [6.07, 6.45) is 1.17. The predicted octanol–water partition coefficient (Wildman–Crippen LogP) is 3.91. The van der Waals surface area contributed by atoms with Crippen molar-refractivity contribution >= 4 is 33.9 Å². The summed E-state index contributed by atoms with van der Waals surface area (Å²) in [4.78, 5) is 17.3. The van der Waals surface area contributed by atoms with Crippen LogP contribution in [0, 0.1) is 5.41 Å². The average molecular weight is 380 g/mol. The van der Waals surface area contributed by atoms with Crippen molar-refractivity contribution in [2.75, 3.05) is 36.0 Å². The fourth-order valence-corrected chi connectivity index (χ4v) is 4.78. The van der Waals surface area contributed by atoms with Gasteiger partial charge in [0.2, 0.25) is 0 Å². The number of halogens is 1. The second-order valence-corrected chi connectivity index (χ2v) is 8.38. The van der Waals surface area contributed by atoms with E-state index in [1.165, 1.54) is 12.1 Å². The van der Waals surface area contributed by atoms with Crippen molar-refractivity contribution in [3.8, 4) is 0 Å². The van der Waals surface area contributed by atoms with E-state index in [-0.39, 0.29) is 5.56 Å². The van der Waals surface area contributed by atoms with E-state index in [0.717, 1.165) is 47.8 Å². The molecule has 0 N–H and O–H groups in total. The topological polar surface area (TPSA) is 28.5 Å². The van der Waals surface area contributed by atoms with Crippen molar-refractivity contribution in [2.45, 2.75) is 6.42 Å². The van der Waals surface area contributed by atoms with E-state index >= 15 is 0 Å². The number of rotatable bonds is 2. The molecule has 0 bridgehead atoms. The Kier molecular flexibility index (Phi) is 3.73. The molecule has 138 valence electrons. The number of aromatic nitrogens is 1. The van der Waals surface area contributed by atoms with Crippen molar-refractivity contribution in [3.05, 3.63) is 70.0 Å². The molecule has 3 aromatic rings. The van der Waals surface area contributed by atoms with Crippen LogP contribution >= 0.6 is 11.6 Å². The third-order valence-electron chi connectivity index (χ3n) is 6.16. The van der Waals surface area contributed by atoms with Crippen LogP contribution in [0.25, 0.3) is 10.9 Å². The molecule has 0 unspecified atom stereocenters. The number of hydrogen-bond donors (Lipinski definition) is 0. The third kappa shape index (κ3) is 2.71. The Bertz CT molecular complexity index is 1070. The van der Waals surface area contributed by atoms with Gasteiger partial charge >= 0.3 is 0 Å². The van der Waals surface area contributed by atoms with E-state index in [0.29, 0.717) is 5.41 Å². The van der Waals surface area contributed by atoms with E-state index in [4.69, 9.17) is 11.6 Å². The second kappa shape index (κ2) is 6.03. The summed E-state index contributed by atoms with van der Waals surface area (Å²) in [6, 6.07) is 18.1. The fraction of sp³-hybridized carbons (Fsp3) is 0.318. The molecule has 2 fully saturated rings. The molecule has 0 saturated carbocycles. The predicted molar refractivity (Wildman–Crippen MR) is 112 cm³/mol. The van der Waals surface area contributed by atoms with Crippen LogP contribution in [0.3, 0.4) is 0 Å². The minimum absolute atomic E-state index is 0.0565. The summed E-state index contributed by atoms with van der Waals surface area (Å²) in [5.41, 5.74) is 3.69. The lowest BCUT2D eigenvalue weighted by Crippen LogP contribution is -2.57. The molecule has 0 atom stereocenters. The summed E-state index contributed by atoms with van der Waals surface area (Å²) in [6.45, 7) is 4.14. The highest BCUT2D eigenvalue weighted by Crippen LogP contribution is 2.44. The minimum atomic E-state index is 0.0565. The van der Waals surface area contributed by atoms with Crippen molar-refractivity contribution in [3.63, 3.8) is 0 Å². The third-order valence-corrected chi connectivity index (χ3v) is 6.41. The molecule has 2 aliphatic rings. The summed E-state index contributed by atoms with van der Waals surface area (Å²) in [5.74, 6) is 0. The maximum atomic E-state index is 12.4. The van der Waals surface area contributed by atoms with Crippen molar-refractivity contribution in [1.29, 1.82) is 0 Å². The summed E-state index contributed by atoms with van der Waals surface area (Å²) in [5, 5.41) is 1.93. The molecule has 0 amide bonds. The van der Waals surface area contributed by atoms with Crippen LogP contribution in [0.5, 0.6) is 0 Å². The van der Waals surface area contributed by atoms with Crippen molar-refractivity contribution < 1.29 is 0 Å². The zero-order valence-electron chi connectivity index (χ0n) is 15.4. The highest BCUT2D eigenvalue weighted by Gasteiger charge is 2.48. The molecule has 2 aliphatic heterocycles. The van der Waals surface area contributed by atoms with Crippen molar-refractivity contribution in [1.82, 2.24) is 4.57 Å². The van der Waals surface area contributed by atoms with Gasteiger partial charge in [0, 0.05) is 60.8 Å². The average Bonchev–Trinajstić information content (AvgIpc) is 3.10. The van der Waals surface area contributed by atoms with E-state index in [2.05, 4.69) is 28.0 Å². The van der Waals surface area contributed by atoms with Gasteiger partial charge in [-0.1, -0.05) is 29.8 Å². The normalized spacial score (nSPS) is 18.3. The Balaban J connectivity index is 1.39. The number of benzene rings is 2. The van der Waals surface area contributed by atoms with Gasteiger partial charge in [-0.15, -0.1) is 0 Å².